The molecule has 1 unspecified atom stereocenters. The number of carbonyl (C=O) groups is 1. The minimum absolute atomic E-state index is 0.281. The maximum absolute atomic E-state index is 11.5. The first-order valence-electron chi connectivity index (χ1n) is 5.87. The summed E-state index contributed by atoms with van der Waals surface area (Å²) in [6, 6.07) is 0.433. The van der Waals surface area contributed by atoms with E-state index < -0.39 is 0 Å². The zero-order valence-electron chi connectivity index (χ0n) is 8.96. The Morgan fingerprint density at radius 2 is 2.07 bits per heavy atom. The van der Waals surface area contributed by atoms with Crippen LogP contribution in [0.25, 0.3) is 0 Å². The van der Waals surface area contributed by atoms with Crippen LogP contribution in [0.5, 0.6) is 0 Å². The summed E-state index contributed by atoms with van der Waals surface area (Å²) in [4.78, 5) is 11.5. The molecule has 80 valence electrons. The molecule has 0 spiro atoms. The second kappa shape index (κ2) is 4.30. The fourth-order valence-electron chi connectivity index (χ4n) is 2.69. The summed E-state index contributed by atoms with van der Waals surface area (Å²) in [7, 11) is 0. The second-order valence-electron chi connectivity index (χ2n) is 4.48. The second-order valence-corrected chi connectivity index (χ2v) is 4.48. The fraction of sp³-hybridized carbons (Fsp3) is 0.909. The predicted molar refractivity (Wildman–Crippen MR) is 55.5 cm³/mol. The highest BCUT2D eigenvalue weighted by Gasteiger charge is 2.33. The molecule has 3 heteroatoms. The van der Waals surface area contributed by atoms with E-state index in [0.29, 0.717) is 6.04 Å². The van der Waals surface area contributed by atoms with Crippen molar-refractivity contribution in [2.45, 2.75) is 51.5 Å². The average molecular weight is 196 g/mol. The van der Waals surface area contributed by atoms with Crippen LogP contribution < -0.4 is 5.43 Å². The molecule has 0 aromatic rings. The SMILES string of the molecule is CCN1NC(C2CCCCC2)CC1=O. The number of amides is 1. The Morgan fingerprint density at radius 3 is 2.64 bits per heavy atom. The Morgan fingerprint density at radius 1 is 1.36 bits per heavy atom. The van der Waals surface area contributed by atoms with Crippen LogP contribution in [0.1, 0.15) is 45.4 Å². The van der Waals surface area contributed by atoms with Crippen LogP contribution in [-0.2, 0) is 4.79 Å². The number of hydrazine groups is 1. The van der Waals surface area contributed by atoms with E-state index in [4.69, 9.17) is 0 Å². The van der Waals surface area contributed by atoms with Crippen molar-refractivity contribution in [1.82, 2.24) is 10.4 Å². The molecular weight excluding hydrogens is 176 g/mol. The lowest BCUT2D eigenvalue weighted by atomic mass is 9.83. The van der Waals surface area contributed by atoms with Crippen LogP contribution in [0, 0.1) is 5.92 Å². The van der Waals surface area contributed by atoms with Gasteiger partial charge in [0.25, 0.3) is 0 Å². The van der Waals surface area contributed by atoms with Crippen molar-refractivity contribution in [3.8, 4) is 0 Å². The van der Waals surface area contributed by atoms with E-state index >= 15 is 0 Å². The Bertz CT molecular complexity index is 211. The molecule has 2 rings (SSSR count). The van der Waals surface area contributed by atoms with Crippen LogP contribution in [0.3, 0.4) is 0 Å². The van der Waals surface area contributed by atoms with Gasteiger partial charge in [0.05, 0.1) is 0 Å². The van der Waals surface area contributed by atoms with E-state index in [-0.39, 0.29) is 5.91 Å². The van der Waals surface area contributed by atoms with Gasteiger partial charge in [0, 0.05) is 19.0 Å². The summed E-state index contributed by atoms with van der Waals surface area (Å²) in [6.07, 6.45) is 7.42. The fourth-order valence-corrected chi connectivity index (χ4v) is 2.69. The van der Waals surface area contributed by atoms with Gasteiger partial charge in [-0.2, -0.15) is 0 Å². The average Bonchev–Trinajstić information content (AvgIpc) is 2.61. The van der Waals surface area contributed by atoms with Crippen molar-refractivity contribution >= 4 is 5.91 Å². The summed E-state index contributed by atoms with van der Waals surface area (Å²) in [5.74, 6) is 1.02. The van der Waals surface area contributed by atoms with Gasteiger partial charge >= 0.3 is 0 Å². The van der Waals surface area contributed by atoms with Gasteiger partial charge in [-0.1, -0.05) is 19.3 Å². The molecule has 14 heavy (non-hydrogen) atoms. The van der Waals surface area contributed by atoms with E-state index in [1.807, 2.05) is 6.92 Å². The van der Waals surface area contributed by atoms with Gasteiger partial charge in [0.1, 0.15) is 0 Å². The van der Waals surface area contributed by atoms with Crippen molar-refractivity contribution in [2.24, 2.45) is 5.92 Å². The van der Waals surface area contributed by atoms with E-state index in [0.717, 1.165) is 18.9 Å². The number of hydrogen-bond acceptors (Lipinski definition) is 2. The molecule has 2 aliphatic rings. The maximum Gasteiger partial charge on any atom is 0.238 e. The van der Waals surface area contributed by atoms with Crippen molar-refractivity contribution < 1.29 is 4.79 Å². The summed E-state index contributed by atoms with van der Waals surface area (Å²) in [6.45, 7) is 2.82. The van der Waals surface area contributed by atoms with Crippen molar-refractivity contribution in [1.29, 1.82) is 0 Å². The molecule has 2 fully saturated rings. The van der Waals surface area contributed by atoms with E-state index in [9.17, 15) is 4.79 Å². The number of nitrogens with zero attached hydrogens (tertiary/aromatic N) is 1. The van der Waals surface area contributed by atoms with Gasteiger partial charge < -0.3 is 0 Å². The molecule has 1 amide bonds. The van der Waals surface area contributed by atoms with E-state index in [2.05, 4.69) is 5.43 Å². The molecule has 1 heterocycles. The number of carbonyl (C=O) groups excluding carboxylic acids is 1. The predicted octanol–water partition coefficient (Wildman–Crippen LogP) is 1.69. The zero-order valence-corrected chi connectivity index (χ0v) is 8.96. The van der Waals surface area contributed by atoms with Crippen LogP contribution in [0.15, 0.2) is 0 Å². The summed E-state index contributed by atoms with van der Waals surface area (Å²) >= 11 is 0. The first kappa shape index (κ1) is 9.97. The molecule has 1 aliphatic heterocycles. The highest BCUT2D eigenvalue weighted by molar-refractivity contribution is 5.78. The molecule has 3 nitrogen and oxygen atoms in total. The molecule has 1 saturated heterocycles. The zero-order chi connectivity index (χ0) is 9.97. The van der Waals surface area contributed by atoms with Gasteiger partial charge in [-0.25, -0.2) is 5.43 Å². The van der Waals surface area contributed by atoms with Gasteiger partial charge in [-0.3, -0.25) is 9.80 Å². The normalized spacial score (nSPS) is 29.9. The van der Waals surface area contributed by atoms with E-state index in [1.54, 1.807) is 5.01 Å². The van der Waals surface area contributed by atoms with Crippen molar-refractivity contribution in [2.75, 3.05) is 6.54 Å². The van der Waals surface area contributed by atoms with Crippen molar-refractivity contribution in [3.63, 3.8) is 0 Å². The minimum atomic E-state index is 0.281. The molecule has 1 atom stereocenters. The standard InChI is InChI=1S/C11H20N2O/c1-2-13-11(14)8-10(12-13)9-6-4-3-5-7-9/h9-10,12H,2-8H2,1H3. The molecule has 0 radical (unpaired) electrons. The van der Waals surface area contributed by atoms with Crippen LogP contribution >= 0.6 is 0 Å². The van der Waals surface area contributed by atoms with E-state index in [1.165, 1.54) is 32.1 Å². The summed E-state index contributed by atoms with van der Waals surface area (Å²) in [5.41, 5.74) is 3.34. The monoisotopic (exact) mass is 196 g/mol. The highest BCUT2D eigenvalue weighted by atomic mass is 16.2. The van der Waals surface area contributed by atoms with Gasteiger partial charge in [-0.05, 0) is 25.7 Å². The third-order valence-electron chi connectivity index (χ3n) is 3.55. The first-order valence-corrected chi connectivity index (χ1v) is 5.87. The third kappa shape index (κ3) is 1.92. The van der Waals surface area contributed by atoms with Crippen LogP contribution in [0.4, 0.5) is 0 Å². The van der Waals surface area contributed by atoms with Gasteiger partial charge in [0.15, 0.2) is 0 Å². The first-order chi connectivity index (χ1) is 6.81. The molecule has 1 N–H and O–H groups in total. The lowest BCUT2D eigenvalue weighted by Crippen LogP contribution is -2.40. The quantitative estimate of drug-likeness (QED) is 0.729. The smallest absolute Gasteiger partial charge is 0.238 e. The number of hydrogen-bond donors (Lipinski definition) is 1. The lowest BCUT2D eigenvalue weighted by molar-refractivity contribution is -0.129. The van der Waals surface area contributed by atoms with Crippen molar-refractivity contribution in [3.05, 3.63) is 0 Å². The third-order valence-corrected chi connectivity index (χ3v) is 3.55. The largest absolute Gasteiger partial charge is 0.278 e. The molecule has 1 saturated carbocycles. The lowest BCUT2D eigenvalue weighted by Gasteiger charge is -2.27. The highest BCUT2D eigenvalue weighted by Crippen LogP contribution is 2.29. The Balaban J connectivity index is 1.90. The molecule has 0 bridgehead atoms. The number of nitrogens with one attached hydrogen (secondary N) is 1. The molecule has 0 aromatic carbocycles. The van der Waals surface area contributed by atoms with Crippen LogP contribution in [-0.4, -0.2) is 23.5 Å². The maximum atomic E-state index is 11.5. The molecular formula is C11H20N2O. The van der Waals surface area contributed by atoms with Gasteiger partial charge in [-0.15, -0.1) is 0 Å². The molecule has 1 aliphatic carbocycles. The Hall–Kier alpha value is -0.570. The Kier molecular flexibility index (Phi) is 3.06. The topological polar surface area (TPSA) is 32.3 Å². The summed E-state index contributed by atoms with van der Waals surface area (Å²) < 4.78 is 0. The summed E-state index contributed by atoms with van der Waals surface area (Å²) in [5, 5.41) is 1.78. The van der Waals surface area contributed by atoms with Crippen LogP contribution in [0.2, 0.25) is 0 Å². The molecule has 0 aromatic heterocycles. The van der Waals surface area contributed by atoms with Gasteiger partial charge in [0.2, 0.25) is 5.91 Å². The minimum Gasteiger partial charge on any atom is -0.278 e. The Labute approximate surface area is 85.8 Å². The number of rotatable bonds is 2.